The van der Waals surface area contributed by atoms with E-state index in [0.717, 1.165) is 17.4 Å². The van der Waals surface area contributed by atoms with E-state index in [9.17, 15) is 13.2 Å². The van der Waals surface area contributed by atoms with Crippen LogP contribution in [-0.4, -0.2) is 26.6 Å². The number of benzene rings is 2. The fourth-order valence-electron chi connectivity index (χ4n) is 3.06. The van der Waals surface area contributed by atoms with Crippen LogP contribution in [0, 0.1) is 13.8 Å². The highest BCUT2D eigenvalue weighted by Crippen LogP contribution is 2.23. The Labute approximate surface area is 162 Å². The van der Waals surface area contributed by atoms with Crippen LogP contribution in [-0.2, 0) is 14.8 Å². The van der Waals surface area contributed by atoms with Gasteiger partial charge in [-0.1, -0.05) is 43.3 Å². The molecule has 2 atom stereocenters. The van der Waals surface area contributed by atoms with Crippen molar-refractivity contribution in [1.29, 1.82) is 0 Å². The second-order valence-electron chi connectivity index (χ2n) is 6.89. The predicted molar refractivity (Wildman–Crippen MR) is 110 cm³/mol. The molecule has 6 heteroatoms. The minimum Gasteiger partial charge on any atom is -0.348 e. The van der Waals surface area contributed by atoms with Crippen LogP contribution in [0.4, 0.5) is 5.69 Å². The number of hydrogen-bond donors (Lipinski definition) is 1. The van der Waals surface area contributed by atoms with Crippen LogP contribution in [0.5, 0.6) is 0 Å². The number of nitrogens with zero attached hydrogens (tertiary/aromatic N) is 1. The molecule has 0 saturated carbocycles. The van der Waals surface area contributed by atoms with Crippen molar-refractivity contribution in [2.75, 3.05) is 10.6 Å². The highest BCUT2D eigenvalue weighted by Gasteiger charge is 2.32. The molecule has 2 aromatic rings. The zero-order chi connectivity index (χ0) is 20.2. The number of amides is 1. The molecule has 0 bridgehead atoms. The molecule has 0 spiro atoms. The van der Waals surface area contributed by atoms with E-state index in [-0.39, 0.29) is 11.9 Å². The first-order chi connectivity index (χ1) is 12.6. The molecule has 146 valence electrons. The summed E-state index contributed by atoms with van der Waals surface area (Å²) >= 11 is 0. The van der Waals surface area contributed by atoms with Crippen molar-refractivity contribution in [2.45, 2.75) is 46.2 Å². The maximum absolute atomic E-state index is 13.0. The highest BCUT2D eigenvalue weighted by molar-refractivity contribution is 7.92. The summed E-state index contributed by atoms with van der Waals surface area (Å²) in [5, 5.41) is 2.97. The number of nitrogens with one attached hydrogen (secondary N) is 1. The largest absolute Gasteiger partial charge is 0.348 e. The summed E-state index contributed by atoms with van der Waals surface area (Å²) in [7, 11) is -3.61. The van der Waals surface area contributed by atoms with Crippen molar-refractivity contribution in [1.82, 2.24) is 5.32 Å². The first-order valence-electron chi connectivity index (χ1n) is 9.07. The van der Waals surface area contributed by atoms with Gasteiger partial charge in [-0.3, -0.25) is 9.10 Å². The Morgan fingerprint density at radius 3 is 2.22 bits per heavy atom. The number of sulfonamides is 1. The van der Waals surface area contributed by atoms with Gasteiger partial charge in [-0.2, -0.15) is 0 Å². The first kappa shape index (κ1) is 21.0. The second-order valence-corrected chi connectivity index (χ2v) is 8.75. The zero-order valence-electron chi connectivity index (χ0n) is 16.6. The second kappa shape index (κ2) is 8.57. The molecule has 1 N–H and O–H groups in total. The summed E-state index contributed by atoms with van der Waals surface area (Å²) in [6.07, 6.45) is 1.50. The van der Waals surface area contributed by atoms with Crippen LogP contribution in [0.15, 0.2) is 48.5 Å². The molecule has 0 fully saturated rings. The molecule has 5 nitrogen and oxygen atoms in total. The minimum absolute atomic E-state index is 0.219. The molecule has 27 heavy (non-hydrogen) atoms. The Bertz CT molecular complexity index is 895. The summed E-state index contributed by atoms with van der Waals surface area (Å²) in [5.74, 6) is -0.308. The summed E-state index contributed by atoms with van der Waals surface area (Å²) in [6.45, 7) is 7.79. The van der Waals surface area contributed by atoms with Gasteiger partial charge in [0.05, 0.1) is 18.0 Å². The van der Waals surface area contributed by atoms with Gasteiger partial charge in [0.15, 0.2) is 0 Å². The number of para-hydroxylation sites is 1. The molecule has 1 amide bonds. The maximum atomic E-state index is 13.0. The van der Waals surface area contributed by atoms with Gasteiger partial charge in [-0.25, -0.2) is 8.42 Å². The fourth-order valence-corrected chi connectivity index (χ4v) is 4.27. The van der Waals surface area contributed by atoms with Gasteiger partial charge in [0.25, 0.3) is 0 Å². The van der Waals surface area contributed by atoms with Gasteiger partial charge >= 0.3 is 0 Å². The molecule has 0 unspecified atom stereocenters. The topological polar surface area (TPSA) is 66.5 Å². The fraction of sp³-hybridized carbons (Fsp3) is 0.381. The molecule has 0 aliphatic carbocycles. The van der Waals surface area contributed by atoms with E-state index in [1.165, 1.54) is 9.87 Å². The van der Waals surface area contributed by atoms with Gasteiger partial charge in [0.1, 0.15) is 6.04 Å². The van der Waals surface area contributed by atoms with Crippen LogP contribution in [0.3, 0.4) is 0 Å². The molecule has 2 aromatic carbocycles. The molecule has 0 aliphatic heterocycles. The normalized spacial score (nSPS) is 13.7. The van der Waals surface area contributed by atoms with Crippen LogP contribution >= 0.6 is 0 Å². The lowest BCUT2D eigenvalue weighted by Gasteiger charge is -2.31. The molecule has 2 rings (SSSR count). The number of hydrogen-bond acceptors (Lipinski definition) is 3. The smallest absolute Gasteiger partial charge is 0.244 e. The Morgan fingerprint density at radius 1 is 1.07 bits per heavy atom. The average molecular weight is 389 g/mol. The average Bonchev–Trinajstić information content (AvgIpc) is 2.61. The van der Waals surface area contributed by atoms with Gasteiger partial charge in [0.2, 0.25) is 15.9 Å². The van der Waals surface area contributed by atoms with Gasteiger partial charge in [-0.05, 0) is 56.0 Å². The number of aryl methyl sites for hydroxylation is 2. The highest BCUT2D eigenvalue weighted by atomic mass is 32.2. The minimum atomic E-state index is -3.61. The van der Waals surface area contributed by atoms with E-state index in [1.807, 2.05) is 52.0 Å². The molecular formula is C21H28N2O3S. The van der Waals surface area contributed by atoms with E-state index in [4.69, 9.17) is 0 Å². The monoisotopic (exact) mass is 388 g/mol. The molecule has 0 radical (unpaired) electrons. The van der Waals surface area contributed by atoms with Crippen molar-refractivity contribution >= 4 is 21.6 Å². The Morgan fingerprint density at radius 2 is 1.70 bits per heavy atom. The van der Waals surface area contributed by atoms with E-state index >= 15 is 0 Å². The predicted octanol–water partition coefficient (Wildman–Crippen LogP) is 3.73. The standard InChI is InChI=1S/C21H28N2O3S/c1-6-20(23(27(5,25)26)19-10-8-7-9-11-19)21(24)22-17(4)18-13-12-15(2)16(3)14-18/h7-14,17,20H,6H2,1-5H3,(H,22,24)/t17-,20+/m0/s1. The molecule has 0 saturated heterocycles. The van der Waals surface area contributed by atoms with E-state index < -0.39 is 16.1 Å². The SMILES string of the molecule is CC[C@H](C(=O)N[C@@H](C)c1ccc(C)c(C)c1)N(c1ccccc1)S(C)(=O)=O. The number of carbonyl (C=O) groups excluding carboxylic acids is 1. The van der Waals surface area contributed by atoms with Crippen molar-refractivity contribution in [2.24, 2.45) is 0 Å². The lowest BCUT2D eigenvalue weighted by Crippen LogP contribution is -2.49. The summed E-state index contributed by atoms with van der Waals surface area (Å²) < 4.78 is 26.0. The Kier molecular flexibility index (Phi) is 6.65. The van der Waals surface area contributed by atoms with E-state index in [2.05, 4.69) is 5.32 Å². The lowest BCUT2D eigenvalue weighted by atomic mass is 10.0. The quantitative estimate of drug-likeness (QED) is 0.786. The van der Waals surface area contributed by atoms with E-state index in [1.54, 1.807) is 24.3 Å². The third-order valence-corrected chi connectivity index (χ3v) is 5.91. The van der Waals surface area contributed by atoms with Crippen LogP contribution in [0.1, 0.15) is 43.0 Å². The van der Waals surface area contributed by atoms with E-state index in [0.29, 0.717) is 12.1 Å². The van der Waals surface area contributed by atoms with Gasteiger partial charge in [-0.15, -0.1) is 0 Å². The number of carbonyl (C=O) groups is 1. The van der Waals surface area contributed by atoms with Crippen molar-refractivity contribution in [3.8, 4) is 0 Å². The number of rotatable bonds is 7. The van der Waals surface area contributed by atoms with Crippen molar-refractivity contribution < 1.29 is 13.2 Å². The van der Waals surface area contributed by atoms with Gasteiger partial charge < -0.3 is 5.32 Å². The maximum Gasteiger partial charge on any atom is 0.244 e. The van der Waals surface area contributed by atoms with Gasteiger partial charge in [0, 0.05) is 0 Å². The van der Waals surface area contributed by atoms with Crippen LogP contribution in [0.25, 0.3) is 0 Å². The Balaban J connectivity index is 2.28. The Hall–Kier alpha value is -2.34. The molecule has 0 heterocycles. The third-order valence-electron chi connectivity index (χ3n) is 4.73. The molecule has 0 aliphatic rings. The van der Waals surface area contributed by atoms with Crippen molar-refractivity contribution in [3.05, 3.63) is 65.2 Å². The summed E-state index contributed by atoms with van der Waals surface area (Å²) in [4.78, 5) is 13.0. The summed E-state index contributed by atoms with van der Waals surface area (Å²) in [6, 6.07) is 13.8. The van der Waals surface area contributed by atoms with Crippen molar-refractivity contribution in [3.63, 3.8) is 0 Å². The third kappa shape index (κ3) is 5.10. The zero-order valence-corrected chi connectivity index (χ0v) is 17.4. The molecular weight excluding hydrogens is 360 g/mol. The molecule has 0 aromatic heterocycles. The summed E-state index contributed by atoms with van der Waals surface area (Å²) in [5.41, 5.74) is 3.83. The van der Waals surface area contributed by atoms with Crippen LogP contribution in [0.2, 0.25) is 0 Å². The van der Waals surface area contributed by atoms with Crippen LogP contribution < -0.4 is 9.62 Å². The first-order valence-corrected chi connectivity index (χ1v) is 10.9. The lowest BCUT2D eigenvalue weighted by molar-refractivity contribution is -0.122. The number of anilines is 1.